The van der Waals surface area contributed by atoms with Crippen LogP contribution < -0.4 is 5.32 Å². The van der Waals surface area contributed by atoms with E-state index in [0.717, 1.165) is 32.3 Å². The first-order valence-electron chi connectivity index (χ1n) is 8.95. The predicted molar refractivity (Wildman–Crippen MR) is 117 cm³/mol. The quantitative estimate of drug-likeness (QED) is 0.512. The zero-order chi connectivity index (χ0) is 19.9. The Kier molecular flexibility index (Phi) is 5.41. The summed E-state index contributed by atoms with van der Waals surface area (Å²) < 4.78 is 1.01. The van der Waals surface area contributed by atoms with Crippen LogP contribution in [0.1, 0.15) is 45.7 Å². The first kappa shape index (κ1) is 20.0. The summed E-state index contributed by atoms with van der Waals surface area (Å²) in [4.78, 5) is 21.4. The minimum atomic E-state index is -0.0810. The van der Waals surface area contributed by atoms with Crippen LogP contribution in [-0.4, -0.2) is 15.9 Å². The lowest BCUT2D eigenvalue weighted by molar-refractivity contribution is -0.118. The van der Waals surface area contributed by atoms with Gasteiger partial charge in [-0.1, -0.05) is 46.8 Å². The zero-order valence-electron chi connectivity index (χ0n) is 16.5. The van der Waals surface area contributed by atoms with E-state index in [9.17, 15) is 4.79 Å². The molecule has 0 aliphatic heterocycles. The van der Waals surface area contributed by atoms with Gasteiger partial charge in [0, 0.05) is 21.2 Å². The number of carbonyl (C=O) groups is 1. The number of nitrogens with one attached hydrogen (secondary N) is 1. The van der Waals surface area contributed by atoms with E-state index in [1.807, 2.05) is 19.2 Å². The van der Waals surface area contributed by atoms with E-state index >= 15 is 0 Å². The molecule has 3 rings (SSSR count). The molecule has 142 valence electrons. The first-order chi connectivity index (χ1) is 12.6. The van der Waals surface area contributed by atoms with Gasteiger partial charge in [0.15, 0.2) is 5.13 Å². The van der Waals surface area contributed by atoms with Crippen molar-refractivity contribution in [2.24, 2.45) is 5.92 Å². The number of hydrogen-bond acceptors (Lipinski definition) is 4. The number of benzene rings is 1. The van der Waals surface area contributed by atoms with Crippen LogP contribution in [0.15, 0.2) is 28.1 Å². The van der Waals surface area contributed by atoms with E-state index in [0.29, 0.717) is 5.13 Å². The maximum absolute atomic E-state index is 11.9. The van der Waals surface area contributed by atoms with Crippen molar-refractivity contribution in [3.05, 3.63) is 39.2 Å². The highest BCUT2D eigenvalue weighted by Crippen LogP contribution is 2.37. The van der Waals surface area contributed by atoms with Gasteiger partial charge in [0.2, 0.25) is 5.91 Å². The van der Waals surface area contributed by atoms with Crippen LogP contribution in [-0.2, 0) is 10.2 Å². The Morgan fingerprint density at radius 2 is 1.89 bits per heavy atom. The van der Waals surface area contributed by atoms with Gasteiger partial charge in [0.25, 0.3) is 0 Å². The van der Waals surface area contributed by atoms with Gasteiger partial charge in [-0.2, -0.15) is 0 Å². The van der Waals surface area contributed by atoms with Crippen LogP contribution in [0.2, 0.25) is 0 Å². The fraction of sp³-hybridized carbons (Fsp3) is 0.381. The molecule has 6 heteroatoms. The molecule has 2 heterocycles. The third-order valence-electron chi connectivity index (χ3n) is 4.44. The lowest BCUT2D eigenvalue weighted by atomic mass is 9.84. The molecular formula is C21H24BrN3OS. The molecule has 0 radical (unpaired) electrons. The second-order valence-electron chi connectivity index (χ2n) is 8.08. The van der Waals surface area contributed by atoms with Crippen molar-refractivity contribution in [1.29, 1.82) is 0 Å². The van der Waals surface area contributed by atoms with Crippen LogP contribution >= 0.6 is 27.3 Å². The monoisotopic (exact) mass is 445 g/mol. The standard InChI is InChI=1S/C21H24BrN3OS/c1-11(2)19(26)25-20-24-16(10-27-20)15-9-14(21(4,5)6)13-8-7-12(3)17(22)18(13)23-15/h7-11H,1-6H3,(H,24,25,26). The van der Waals surface area contributed by atoms with Gasteiger partial charge in [-0.05, 0) is 45.5 Å². The van der Waals surface area contributed by atoms with Crippen LogP contribution in [0.5, 0.6) is 0 Å². The van der Waals surface area contributed by atoms with Gasteiger partial charge in [0.1, 0.15) is 5.69 Å². The lowest BCUT2D eigenvalue weighted by Crippen LogP contribution is -2.17. The van der Waals surface area contributed by atoms with E-state index in [2.05, 4.69) is 72.1 Å². The Labute approximate surface area is 172 Å². The molecule has 1 amide bonds. The average molecular weight is 446 g/mol. The summed E-state index contributed by atoms with van der Waals surface area (Å²) in [5.41, 5.74) is 4.88. The van der Waals surface area contributed by atoms with Gasteiger partial charge in [-0.15, -0.1) is 11.3 Å². The summed E-state index contributed by atoms with van der Waals surface area (Å²) in [6.45, 7) is 12.4. The van der Waals surface area contributed by atoms with Gasteiger partial charge >= 0.3 is 0 Å². The normalized spacial score (nSPS) is 12.0. The Balaban J connectivity index is 2.14. The number of amides is 1. The number of halogens is 1. The van der Waals surface area contributed by atoms with E-state index in [1.54, 1.807) is 0 Å². The molecule has 2 aromatic heterocycles. The van der Waals surface area contributed by atoms with Crippen molar-refractivity contribution in [1.82, 2.24) is 9.97 Å². The number of rotatable bonds is 3. The molecule has 0 fully saturated rings. The number of carbonyl (C=O) groups excluding carboxylic acids is 1. The SMILES string of the molecule is Cc1ccc2c(C(C)(C)C)cc(-c3csc(NC(=O)C(C)C)n3)nc2c1Br. The van der Waals surface area contributed by atoms with Crippen LogP contribution in [0.4, 0.5) is 5.13 Å². The highest BCUT2D eigenvalue weighted by atomic mass is 79.9. The van der Waals surface area contributed by atoms with Crippen molar-refractivity contribution in [2.45, 2.75) is 47.0 Å². The molecule has 1 N–H and O–H groups in total. The molecule has 1 aromatic carbocycles. The summed E-state index contributed by atoms with van der Waals surface area (Å²) in [7, 11) is 0. The number of hydrogen-bond donors (Lipinski definition) is 1. The maximum Gasteiger partial charge on any atom is 0.228 e. The lowest BCUT2D eigenvalue weighted by Gasteiger charge is -2.22. The second-order valence-corrected chi connectivity index (χ2v) is 9.73. The van der Waals surface area contributed by atoms with Crippen molar-refractivity contribution in [3.63, 3.8) is 0 Å². The fourth-order valence-electron chi connectivity index (χ4n) is 2.81. The van der Waals surface area contributed by atoms with Crippen molar-refractivity contribution < 1.29 is 4.79 Å². The number of thiazole rings is 1. The molecule has 0 saturated heterocycles. The predicted octanol–water partition coefficient (Wildman–Crippen LogP) is 6.32. The Morgan fingerprint density at radius 3 is 2.52 bits per heavy atom. The summed E-state index contributed by atoms with van der Waals surface area (Å²) >= 11 is 5.13. The third-order valence-corrected chi connectivity index (χ3v) is 6.20. The Hall–Kier alpha value is -1.79. The van der Waals surface area contributed by atoms with Crippen molar-refractivity contribution in [2.75, 3.05) is 5.32 Å². The number of pyridine rings is 1. The van der Waals surface area contributed by atoms with E-state index in [4.69, 9.17) is 4.98 Å². The minimum Gasteiger partial charge on any atom is -0.302 e. The summed E-state index contributed by atoms with van der Waals surface area (Å²) in [6.07, 6.45) is 0. The van der Waals surface area contributed by atoms with Gasteiger partial charge < -0.3 is 5.32 Å². The molecule has 0 saturated carbocycles. The summed E-state index contributed by atoms with van der Waals surface area (Å²) in [5.74, 6) is -0.112. The Morgan fingerprint density at radius 1 is 1.19 bits per heavy atom. The number of aryl methyl sites for hydroxylation is 1. The van der Waals surface area contributed by atoms with Crippen LogP contribution in [0.25, 0.3) is 22.3 Å². The highest BCUT2D eigenvalue weighted by molar-refractivity contribution is 9.10. The van der Waals surface area contributed by atoms with Crippen molar-refractivity contribution >= 4 is 49.2 Å². The fourth-order valence-corrected chi connectivity index (χ4v) is 3.95. The van der Waals surface area contributed by atoms with Crippen LogP contribution in [0.3, 0.4) is 0 Å². The number of aromatic nitrogens is 2. The topological polar surface area (TPSA) is 54.9 Å². The molecule has 4 nitrogen and oxygen atoms in total. The zero-order valence-corrected chi connectivity index (χ0v) is 18.9. The second kappa shape index (κ2) is 7.32. The van der Waals surface area contributed by atoms with E-state index in [-0.39, 0.29) is 17.2 Å². The molecule has 0 aliphatic rings. The molecule has 0 spiro atoms. The van der Waals surface area contributed by atoms with E-state index < -0.39 is 0 Å². The highest BCUT2D eigenvalue weighted by Gasteiger charge is 2.21. The number of nitrogens with zero attached hydrogens (tertiary/aromatic N) is 2. The summed E-state index contributed by atoms with van der Waals surface area (Å²) in [5, 5.41) is 6.56. The molecule has 27 heavy (non-hydrogen) atoms. The molecule has 3 aromatic rings. The van der Waals surface area contributed by atoms with Crippen molar-refractivity contribution in [3.8, 4) is 11.4 Å². The average Bonchev–Trinajstić information content (AvgIpc) is 3.05. The molecule has 0 unspecified atom stereocenters. The summed E-state index contributed by atoms with van der Waals surface area (Å²) in [6, 6.07) is 6.38. The Bertz CT molecular complexity index is 1020. The maximum atomic E-state index is 11.9. The molecule has 0 bridgehead atoms. The van der Waals surface area contributed by atoms with Gasteiger partial charge in [-0.3, -0.25) is 4.79 Å². The molecular weight excluding hydrogens is 422 g/mol. The van der Waals surface area contributed by atoms with Gasteiger partial charge in [-0.25, -0.2) is 9.97 Å². The largest absolute Gasteiger partial charge is 0.302 e. The first-order valence-corrected chi connectivity index (χ1v) is 10.6. The smallest absolute Gasteiger partial charge is 0.228 e. The van der Waals surface area contributed by atoms with Gasteiger partial charge in [0.05, 0.1) is 11.2 Å². The minimum absolute atomic E-state index is 0.0314. The van der Waals surface area contributed by atoms with Crippen LogP contribution in [0, 0.1) is 12.8 Å². The molecule has 0 atom stereocenters. The molecule has 0 aliphatic carbocycles. The number of anilines is 1. The van der Waals surface area contributed by atoms with E-state index in [1.165, 1.54) is 16.9 Å². The number of fused-ring (bicyclic) bond motifs is 1. The third kappa shape index (κ3) is 4.06.